The van der Waals surface area contributed by atoms with Crippen molar-refractivity contribution in [1.29, 1.82) is 0 Å². The van der Waals surface area contributed by atoms with Crippen molar-refractivity contribution >= 4 is 0 Å². The van der Waals surface area contributed by atoms with Gasteiger partial charge in [0.05, 0.1) is 27.7 Å². The molecule has 0 saturated heterocycles. The maximum atomic E-state index is 5.41. The van der Waals surface area contributed by atoms with Gasteiger partial charge in [0.1, 0.15) is 0 Å². The van der Waals surface area contributed by atoms with E-state index < -0.39 is 0 Å². The molecule has 0 atom stereocenters. The van der Waals surface area contributed by atoms with Crippen LogP contribution in [0.3, 0.4) is 0 Å². The molecule has 0 radical (unpaired) electrons. The van der Waals surface area contributed by atoms with Gasteiger partial charge in [-0.05, 0) is 25.8 Å². The average molecular weight is 173 g/mol. The summed E-state index contributed by atoms with van der Waals surface area (Å²) >= 11 is 0. The first kappa shape index (κ1) is 11.9. The molecule has 2 heteroatoms. The van der Waals surface area contributed by atoms with Crippen molar-refractivity contribution in [2.45, 2.75) is 32.1 Å². The van der Waals surface area contributed by atoms with E-state index in [2.05, 4.69) is 21.1 Å². The highest BCUT2D eigenvalue weighted by atomic mass is 15.3. The summed E-state index contributed by atoms with van der Waals surface area (Å²) in [5.74, 6) is 0. The van der Waals surface area contributed by atoms with E-state index in [1.807, 2.05) is 0 Å². The Morgan fingerprint density at radius 2 is 1.33 bits per heavy atom. The van der Waals surface area contributed by atoms with Crippen LogP contribution in [0.15, 0.2) is 0 Å². The van der Waals surface area contributed by atoms with Crippen LogP contribution in [-0.4, -0.2) is 38.7 Å². The number of hydrogen-bond donors (Lipinski definition) is 1. The van der Waals surface area contributed by atoms with E-state index in [0.717, 1.165) is 11.0 Å². The molecule has 0 aromatic carbocycles. The Morgan fingerprint density at radius 1 is 0.833 bits per heavy atom. The van der Waals surface area contributed by atoms with Gasteiger partial charge in [0.15, 0.2) is 0 Å². The molecule has 0 bridgehead atoms. The highest BCUT2D eigenvalue weighted by molar-refractivity contribution is 4.44. The molecule has 12 heavy (non-hydrogen) atoms. The Morgan fingerprint density at radius 3 is 1.83 bits per heavy atom. The van der Waals surface area contributed by atoms with Crippen molar-refractivity contribution in [3.05, 3.63) is 0 Å². The molecule has 0 rings (SSSR count). The van der Waals surface area contributed by atoms with Crippen LogP contribution in [0.1, 0.15) is 32.1 Å². The minimum absolute atomic E-state index is 0.856. The molecule has 0 saturated carbocycles. The van der Waals surface area contributed by atoms with Crippen LogP contribution in [0.25, 0.3) is 0 Å². The van der Waals surface area contributed by atoms with Crippen LogP contribution in [0.2, 0.25) is 0 Å². The van der Waals surface area contributed by atoms with Gasteiger partial charge in [0.25, 0.3) is 0 Å². The predicted octanol–water partition coefficient (Wildman–Crippen LogP) is 1.60. The Kier molecular flexibility index (Phi) is 6.39. The van der Waals surface area contributed by atoms with E-state index in [9.17, 15) is 0 Å². The molecule has 0 heterocycles. The number of nitrogens with two attached hydrogens (primary N) is 1. The summed E-state index contributed by atoms with van der Waals surface area (Å²) in [5, 5.41) is 0. The van der Waals surface area contributed by atoms with E-state index in [4.69, 9.17) is 5.73 Å². The van der Waals surface area contributed by atoms with Gasteiger partial charge >= 0.3 is 0 Å². The fourth-order valence-electron chi connectivity index (χ4n) is 1.26. The molecule has 0 aliphatic heterocycles. The number of rotatable bonds is 7. The molecule has 0 amide bonds. The molecule has 0 spiro atoms. The SMILES string of the molecule is C[N+](C)(C)CCCCCCCN. The van der Waals surface area contributed by atoms with Crippen molar-refractivity contribution in [3.63, 3.8) is 0 Å². The quantitative estimate of drug-likeness (QED) is 0.459. The third-order valence-corrected chi connectivity index (χ3v) is 2.03. The van der Waals surface area contributed by atoms with Gasteiger partial charge in [-0.1, -0.05) is 12.8 Å². The number of nitrogens with zero attached hydrogens (tertiary/aromatic N) is 1. The molecule has 0 fully saturated rings. The molecule has 0 aromatic heterocycles. The first-order chi connectivity index (χ1) is 5.56. The maximum absolute atomic E-state index is 5.41. The summed E-state index contributed by atoms with van der Waals surface area (Å²) in [7, 11) is 6.75. The summed E-state index contributed by atoms with van der Waals surface area (Å²) < 4.78 is 1.09. The minimum atomic E-state index is 0.856. The number of quaternary nitrogens is 1. The lowest BCUT2D eigenvalue weighted by Gasteiger charge is -2.23. The second kappa shape index (κ2) is 6.44. The Balaban J connectivity index is 3.01. The summed E-state index contributed by atoms with van der Waals surface area (Å²) in [6.07, 6.45) is 6.60. The van der Waals surface area contributed by atoms with E-state index in [1.165, 1.54) is 38.6 Å². The van der Waals surface area contributed by atoms with Crippen LogP contribution >= 0.6 is 0 Å². The summed E-state index contributed by atoms with van der Waals surface area (Å²) in [4.78, 5) is 0. The van der Waals surface area contributed by atoms with Crippen LogP contribution in [0.4, 0.5) is 0 Å². The van der Waals surface area contributed by atoms with Gasteiger partial charge in [-0.3, -0.25) is 0 Å². The third-order valence-electron chi connectivity index (χ3n) is 2.03. The van der Waals surface area contributed by atoms with E-state index in [0.29, 0.717) is 0 Å². The van der Waals surface area contributed by atoms with Gasteiger partial charge in [0.2, 0.25) is 0 Å². The lowest BCUT2D eigenvalue weighted by atomic mass is 10.1. The monoisotopic (exact) mass is 173 g/mol. The van der Waals surface area contributed by atoms with Gasteiger partial charge in [0, 0.05) is 0 Å². The zero-order chi connectivity index (χ0) is 9.45. The van der Waals surface area contributed by atoms with E-state index >= 15 is 0 Å². The van der Waals surface area contributed by atoms with Gasteiger partial charge < -0.3 is 10.2 Å². The molecule has 2 N–H and O–H groups in total. The van der Waals surface area contributed by atoms with Crippen LogP contribution < -0.4 is 5.73 Å². The molecule has 0 aliphatic rings. The van der Waals surface area contributed by atoms with Crippen LogP contribution in [0, 0.1) is 0 Å². The number of unbranched alkanes of at least 4 members (excludes halogenated alkanes) is 4. The standard InChI is InChI=1S/C10H25N2/c1-12(2,3)10-8-6-4-5-7-9-11/h4-11H2,1-3H3/q+1. The molecular weight excluding hydrogens is 148 g/mol. The lowest BCUT2D eigenvalue weighted by Crippen LogP contribution is -2.35. The fourth-order valence-corrected chi connectivity index (χ4v) is 1.26. The van der Waals surface area contributed by atoms with Gasteiger partial charge in [-0.2, -0.15) is 0 Å². The average Bonchev–Trinajstić information content (AvgIpc) is 1.94. The van der Waals surface area contributed by atoms with Gasteiger partial charge in [-0.15, -0.1) is 0 Å². The zero-order valence-electron chi connectivity index (χ0n) is 8.97. The first-order valence-corrected chi connectivity index (χ1v) is 5.07. The molecule has 0 aromatic rings. The van der Waals surface area contributed by atoms with Crippen molar-refractivity contribution in [2.24, 2.45) is 5.73 Å². The molecule has 2 nitrogen and oxygen atoms in total. The van der Waals surface area contributed by atoms with Crippen LogP contribution in [0.5, 0.6) is 0 Å². The molecule has 0 unspecified atom stereocenters. The second-order valence-electron chi connectivity index (χ2n) is 4.57. The van der Waals surface area contributed by atoms with E-state index in [-0.39, 0.29) is 0 Å². The topological polar surface area (TPSA) is 26.0 Å². The third kappa shape index (κ3) is 9.92. The summed E-state index contributed by atoms with van der Waals surface area (Å²) in [5.41, 5.74) is 5.41. The Labute approximate surface area is 77.3 Å². The van der Waals surface area contributed by atoms with Crippen molar-refractivity contribution in [1.82, 2.24) is 0 Å². The highest BCUT2D eigenvalue weighted by Gasteiger charge is 2.04. The van der Waals surface area contributed by atoms with Crippen molar-refractivity contribution in [3.8, 4) is 0 Å². The molecule has 74 valence electrons. The Hall–Kier alpha value is -0.0800. The zero-order valence-corrected chi connectivity index (χ0v) is 8.97. The lowest BCUT2D eigenvalue weighted by molar-refractivity contribution is -0.870. The Bertz CT molecular complexity index is 94.5. The van der Waals surface area contributed by atoms with E-state index in [1.54, 1.807) is 0 Å². The molecular formula is C10H25N2+. The minimum Gasteiger partial charge on any atom is -0.331 e. The number of hydrogen-bond acceptors (Lipinski definition) is 1. The van der Waals surface area contributed by atoms with Gasteiger partial charge in [-0.25, -0.2) is 0 Å². The fraction of sp³-hybridized carbons (Fsp3) is 1.00. The summed E-state index contributed by atoms with van der Waals surface area (Å²) in [6, 6.07) is 0. The highest BCUT2D eigenvalue weighted by Crippen LogP contribution is 2.04. The van der Waals surface area contributed by atoms with Crippen LogP contribution in [-0.2, 0) is 0 Å². The largest absolute Gasteiger partial charge is 0.331 e. The second-order valence-corrected chi connectivity index (χ2v) is 4.57. The summed E-state index contributed by atoms with van der Waals surface area (Å²) in [6.45, 7) is 2.15. The molecule has 0 aliphatic carbocycles. The predicted molar refractivity (Wildman–Crippen MR) is 55.0 cm³/mol. The first-order valence-electron chi connectivity index (χ1n) is 5.07. The van der Waals surface area contributed by atoms with Crippen molar-refractivity contribution in [2.75, 3.05) is 34.2 Å². The maximum Gasteiger partial charge on any atom is 0.0780 e. The normalized spacial score (nSPS) is 12.0. The smallest absolute Gasteiger partial charge is 0.0780 e. The van der Waals surface area contributed by atoms with Crippen molar-refractivity contribution < 1.29 is 4.48 Å².